The standard InChI is InChI=1S/C13H13FN4O3S/c1-4-12(19)18(17-15-2)11-7-5-6-10(14)9(11)8-21-16-13(20)22-3/h1,5-7H,8H2,2-3H3,(H,16,20). The third-order valence-corrected chi connectivity index (χ3v) is 2.83. The van der Waals surface area contributed by atoms with E-state index in [0.717, 1.165) is 16.8 Å². The van der Waals surface area contributed by atoms with Crippen molar-refractivity contribution < 1.29 is 18.8 Å². The number of rotatable bonds is 5. The largest absolute Gasteiger partial charge is 0.324 e. The number of nitrogens with one attached hydrogen (secondary N) is 1. The second-order valence-electron chi connectivity index (χ2n) is 3.67. The van der Waals surface area contributed by atoms with E-state index in [9.17, 15) is 14.0 Å². The van der Waals surface area contributed by atoms with E-state index in [-0.39, 0.29) is 17.9 Å². The maximum absolute atomic E-state index is 14.0. The molecule has 1 N–H and O–H groups in total. The molecule has 0 saturated heterocycles. The maximum Gasteiger partial charge on any atom is 0.324 e. The number of hydroxylamine groups is 1. The van der Waals surface area contributed by atoms with Gasteiger partial charge in [-0.3, -0.25) is 14.4 Å². The molecule has 1 aromatic rings. The Morgan fingerprint density at radius 2 is 2.27 bits per heavy atom. The molecule has 0 fully saturated rings. The van der Waals surface area contributed by atoms with Crippen LogP contribution in [0.15, 0.2) is 28.5 Å². The van der Waals surface area contributed by atoms with E-state index in [1.807, 2.05) is 5.92 Å². The van der Waals surface area contributed by atoms with Crippen LogP contribution in [0.25, 0.3) is 0 Å². The number of anilines is 1. The molecular weight excluding hydrogens is 311 g/mol. The van der Waals surface area contributed by atoms with E-state index in [1.165, 1.54) is 25.2 Å². The van der Waals surface area contributed by atoms with Gasteiger partial charge in [0, 0.05) is 5.56 Å². The number of carbonyl (C=O) groups is 2. The molecule has 1 aromatic carbocycles. The van der Waals surface area contributed by atoms with Gasteiger partial charge in [-0.2, -0.15) is 10.1 Å². The third-order valence-electron chi connectivity index (χ3n) is 2.37. The minimum absolute atomic E-state index is 0.0000898. The summed E-state index contributed by atoms with van der Waals surface area (Å²) in [5.41, 5.74) is 2.18. The van der Waals surface area contributed by atoms with Crippen LogP contribution in [0.1, 0.15) is 5.56 Å². The first-order valence-electron chi connectivity index (χ1n) is 5.88. The van der Waals surface area contributed by atoms with Crippen molar-refractivity contribution in [3.05, 3.63) is 29.6 Å². The molecular formula is C13H13FN4O3S. The summed E-state index contributed by atoms with van der Waals surface area (Å²) >= 11 is 0.898. The number of nitrogens with zero attached hydrogens (tertiary/aromatic N) is 3. The average molecular weight is 324 g/mol. The van der Waals surface area contributed by atoms with Crippen LogP contribution in [-0.4, -0.2) is 24.4 Å². The van der Waals surface area contributed by atoms with E-state index >= 15 is 0 Å². The van der Waals surface area contributed by atoms with Gasteiger partial charge in [0.25, 0.3) is 0 Å². The highest BCUT2D eigenvalue weighted by Crippen LogP contribution is 2.24. The summed E-state index contributed by atoms with van der Waals surface area (Å²) in [6.07, 6.45) is 6.62. The molecule has 1 rings (SSSR count). The van der Waals surface area contributed by atoms with Gasteiger partial charge in [0.05, 0.1) is 12.7 Å². The fourth-order valence-electron chi connectivity index (χ4n) is 1.45. The lowest BCUT2D eigenvalue weighted by molar-refractivity contribution is -0.113. The van der Waals surface area contributed by atoms with Gasteiger partial charge in [0.15, 0.2) is 0 Å². The predicted molar refractivity (Wildman–Crippen MR) is 80.3 cm³/mol. The molecule has 0 radical (unpaired) electrons. The van der Waals surface area contributed by atoms with Crippen LogP contribution in [0.5, 0.6) is 0 Å². The Hall–Kier alpha value is -2.44. The summed E-state index contributed by atoms with van der Waals surface area (Å²) in [4.78, 5) is 27.7. The monoisotopic (exact) mass is 324 g/mol. The number of hydrogen-bond acceptors (Lipinski definition) is 6. The van der Waals surface area contributed by atoms with E-state index in [4.69, 9.17) is 11.3 Å². The van der Waals surface area contributed by atoms with Crippen LogP contribution in [-0.2, 0) is 16.2 Å². The molecule has 0 atom stereocenters. The molecule has 0 unspecified atom stereocenters. The van der Waals surface area contributed by atoms with Gasteiger partial charge in [-0.15, -0.1) is 6.42 Å². The molecule has 7 nitrogen and oxygen atoms in total. The van der Waals surface area contributed by atoms with E-state index in [1.54, 1.807) is 6.26 Å². The van der Waals surface area contributed by atoms with E-state index in [0.29, 0.717) is 0 Å². The van der Waals surface area contributed by atoms with Gasteiger partial charge in [0.1, 0.15) is 12.4 Å². The van der Waals surface area contributed by atoms with Crippen molar-refractivity contribution in [2.24, 2.45) is 10.3 Å². The SMILES string of the molecule is C#CC(=O)N(N=NC)c1cccc(F)c1CONC(=O)SC. The van der Waals surface area contributed by atoms with Crippen molar-refractivity contribution in [2.45, 2.75) is 6.61 Å². The number of benzene rings is 1. The van der Waals surface area contributed by atoms with E-state index in [2.05, 4.69) is 15.8 Å². The van der Waals surface area contributed by atoms with Crippen molar-refractivity contribution in [1.29, 1.82) is 0 Å². The Morgan fingerprint density at radius 3 is 2.86 bits per heavy atom. The Bertz CT molecular complexity index is 630. The molecule has 0 aliphatic rings. The molecule has 116 valence electrons. The van der Waals surface area contributed by atoms with Crippen molar-refractivity contribution in [3.8, 4) is 12.3 Å². The van der Waals surface area contributed by atoms with E-state index < -0.39 is 17.0 Å². The van der Waals surface area contributed by atoms with Gasteiger partial charge in [0.2, 0.25) is 0 Å². The molecule has 2 amide bonds. The molecule has 0 spiro atoms. The third kappa shape index (κ3) is 4.54. The zero-order valence-corrected chi connectivity index (χ0v) is 12.7. The quantitative estimate of drug-likeness (QED) is 0.512. The Kier molecular flexibility index (Phi) is 7.01. The summed E-state index contributed by atoms with van der Waals surface area (Å²) in [5.74, 6) is 0.419. The van der Waals surface area contributed by atoms with Crippen molar-refractivity contribution in [3.63, 3.8) is 0 Å². The van der Waals surface area contributed by atoms with Gasteiger partial charge < -0.3 is 0 Å². The van der Waals surface area contributed by atoms with Crippen LogP contribution in [0.2, 0.25) is 0 Å². The molecule has 0 aromatic heterocycles. The second kappa shape index (κ2) is 8.76. The summed E-state index contributed by atoms with van der Waals surface area (Å²) in [6.45, 7) is -0.318. The zero-order chi connectivity index (χ0) is 16.5. The van der Waals surface area contributed by atoms with Gasteiger partial charge >= 0.3 is 11.1 Å². The number of halogens is 1. The molecule has 9 heteroatoms. The second-order valence-corrected chi connectivity index (χ2v) is 4.45. The maximum atomic E-state index is 14.0. The lowest BCUT2D eigenvalue weighted by atomic mass is 10.1. The Labute approximate surface area is 130 Å². The molecule has 0 bridgehead atoms. The van der Waals surface area contributed by atoms with Crippen molar-refractivity contribution in [2.75, 3.05) is 18.3 Å². The molecule has 0 aliphatic heterocycles. The highest BCUT2D eigenvalue weighted by Gasteiger charge is 2.20. The summed E-state index contributed by atoms with van der Waals surface area (Å²) in [5, 5.41) is 7.39. The summed E-state index contributed by atoms with van der Waals surface area (Å²) in [7, 11) is 1.34. The van der Waals surface area contributed by atoms with Crippen LogP contribution < -0.4 is 10.5 Å². The van der Waals surface area contributed by atoms with Crippen molar-refractivity contribution in [1.82, 2.24) is 5.48 Å². The topological polar surface area (TPSA) is 83.4 Å². The molecule has 0 aliphatic carbocycles. The number of terminal acetylenes is 1. The fourth-order valence-corrected chi connectivity index (χ4v) is 1.59. The minimum Gasteiger partial charge on any atom is -0.268 e. The molecule has 22 heavy (non-hydrogen) atoms. The van der Waals surface area contributed by atoms with Gasteiger partial charge in [-0.05, 0) is 24.3 Å². The summed E-state index contributed by atoms with van der Waals surface area (Å²) < 4.78 is 14.0. The zero-order valence-electron chi connectivity index (χ0n) is 11.9. The smallest absolute Gasteiger partial charge is 0.268 e. The highest BCUT2D eigenvalue weighted by atomic mass is 32.2. The highest BCUT2D eigenvalue weighted by molar-refractivity contribution is 8.12. The minimum atomic E-state index is -0.814. The van der Waals surface area contributed by atoms with Gasteiger partial charge in [-0.1, -0.05) is 23.1 Å². The fraction of sp³-hybridized carbons (Fsp3) is 0.231. The van der Waals surface area contributed by atoms with Crippen LogP contribution in [0, 0.1) is 18.2 Å². The first-order chi connectivity index (χ1) is 10.5. The number of carbonyl (C=O) groups excluding carboxylic acids is 2. The predicted octanol–water partition coefficient (Wildman–Crippen LogP) is 2.29. The molecule has 0 saturated carbocycles. The van der Waals surface area contributed by atoms with Crippen LogP contribution >= 0.6 is 11.8 Å². The number of thioether (sulfide) groups is 1. The lowest BCUT2D eigenvalue weighted by Crippen LogP contribution is -2.26. The normalized spacial score (nSPS) is 10.3. The number of amides is 2. The van der Waals surface area contributed by atoms with Gasteiger partial charge in [-0.25, -0.2) is 9.87 Å². The Morgan fingerprint density at radius 1 is 1.55 bits per heavy atom. The van der Waals surface area contributed by atoms with Crippen LogP contribution in [0.4, 0.5) is 14.9 Å². The average Bonchev–Trinajstić information content (AvgIpc) is 2.53. The number of hydrogen-bond donors (Lipinski definition) is 1. The van der Waals surface area contributed by atoms with Crippen molar-refractivity contribution >= 4 is 28.6 Å². The first-order valence-corrected chi connectivity index (χ1v) is 7.11. The molecule has 0 heterocycles. The lowest BCUT2D eigenvalue weighted by Gasteiger charge is -2.17. The summed E-state index contributed by atoms with van der Waals surface area (Å²) in [6, 6.07) is 4.00. The first kappa shape index (κ1) is 17.6. The van der Waals surface area contributed by atoms with Crippen LogP contribution in [0.3, 0.4) is 0 Å². The Balaban J connectivity index is 3.09.